The summed E-state index contributed by atoms with van der Waals surface area (Å²) in [5, 5.41) is 22.5. The molecular weight excluding hydrogens is 424 g/mol. The van der Waals surface area contributed by atoms with Crippen LogP contribution in [0, 0.1) is 0 Å². The molecule has 3 rings (SSSR count). The lowest BCUT2D eigenvalue weighted by atomic mass is 9.72. The first-order chi connectivity index (χ1) is 13.4. The van der Waals surface area contributed by atoms with Crippen LogP contribution in [0.15, 0.2) is 59.1 Å². The molecule has 6 nitrogen and oxygen atoms in total. The molecule has 2 amide bonds. The number of halogens is 1. The van der Waals surface area contributed by atoms with Crippen LogP contribution in [0.2, 0.25) is 0 Å². The van der Waals surface area contributed by atoms with Crippen LogP contribution in [0.25, 0.3) is 0 Å². The number of piperidine rings is 1. The second kappa shape index (κ2) is 8.75. The van der Waals surface area contributed by atoms with E-state index in [0.717, 1.165) is 15.6 Å². The first kappa shape index (κ1) is 20.4. The van der Waals surface area contributed by atoms with Crippen LogP contribution >= 0.6 is 15.9 Å². The quantitative estimate of drug-likeness (QED) is 0.656. The zero-order valence-corrected chi connectivity index (χ0v) is 16.9. The molecule has 1 unspecified atom stereocenters. The van der Waals surface area contributed by atoms with Gasteiger partial charge in [0.2, 0.25) is 5.91 Å². The number of likely N-dealkylation sites (tertiary alicyclic amines) is 1. The molecule has 0 radical (unpaired) electrons. The molecule has 0 bridgehead atoms. The number of amides is 2. The van der Waals surface area contributed by atoms with Gasteiger partial charge in [-0.05, 0) is 36.1 Å². The van der Waals surface area contributed by atoms with Gasteiger partial charge in [0.25, 0.3) is 0 Å². The minimum absolute atomic E-state index is 0.101. The highest BCUT2D eigenvalue weighted by atomic mass is 79.9. The normalized spacial score (nSPS) is 17.0. The Kier molecular flexibility index (Phi) is 6.36. The van der Waals surface area contributed by atoms with Gasteiger partial charge in [0.15, 0.2) is 0 Å². The van der Waals surface area contributed by atoms with Crippen LogP contribution in [-0.4, -0.2) is 46.7 Å². The van der Waals surface area contributed by atoms with E-state index in [0.29, 0.717) is 25.9 Å². The Hall–Kier alpha value is -2.38. The third-order valence-corrected chi connectivity index (χ3v) is 5.89. The molecule has 0 aromatic heterocycles. The molecule has 3 N–H and O–H groups in total. The number of nitrogens with zero attached hydrogens (tertiary/aromatic N) is 1. The van der Waals surface area contributed by atoms with Gasteiger partial charge >= 0.3 is 6.09 Å². The Morgan fingerprint density at radius 2 is 1.68 bits per heavy atom. The summed E-state index contributed by atoms with van der Waals surface area (Å²) < 4.78 is 0.911. The predicted octanol–water partition coefficient (Wildman–Crippen LogP) is 3.31. The number of carboxylic acid groups (broad SMARTS) is 1. The highest BCUT2D eigenvalue weighted by Gasteiger charge is 2.43. The van der Waals surface area contributed by atoms with Gasteiger partial charge in [-0.3, -0.25) is 4.79 Å². The first-order valence-corrected chi connectivity index (χ1v) is 9.97. The molecule has 2 aromatic carbocycles. The molecule has 28 heavy (non-hydrogen) atoms. The zero-order valence-electron chi connectivity index (χ0n) is 15.3. The lowest BCUT2D eigenvalue weighted by Crippen LogP contribution is -2.53. The van der Waals surface area contributed by atoms with Gasteiger partial charge in [-0.2, -0.15) is 0 Å². The van der Waals surface area contributed by atoms with Crippen molar-refractivity contribution >= 4 is 27.9 Å². The van der Waals surface area contributed by atoms with Crippen molar-refractivity contribution in [3.05, 3.63) is 70.2 Å². The van der Waals surface area contributed by atoms with E-state index in [-0.39, 0.29) is 12.5 Å². The molecule has 0 aliphatic carbocycles. The van der Waals surface area contributed by atoms with E-state index >= 15 is 0 Å². The lowest BCUT2D eigenvalue weighted by Gasteiger charge is -2.40. The molecule has 1 fully saturated rings. The van der Waals surface area contributed by atoms with Crippen LogP contribution in [0.1, 0.15) is 30.1 Å². The van der Waals surface area contributed by atoms with Crippen LogP contribution < -0.4 is 5.32 Å². The number of nitrogens with one attached hydrogen (secondary N) is 1. The maximum Gasteiger partial charge on any atom is 0.407 e. The average molecular weight is 447 g/mol. The second-order valence-corrected chi connectivity index (χ2v) is 7.91. The average Bonchev–Trinajstić information content (AvgIpc) is 2.72. The van der Waals surface area contributed by atoms with Crippen LogP contribution in [0.3, 0.4) is 0 Å². The van der Waals surface area contributed by atoms with Crippen molar-refractivity contribution in [1.29, 1.82) is 0 Å². The highest BCUT2D eigenvalue weighted by molar-refractivity contribution is 9.10. The van der Waals surface area contributed by atoms with Crippen LogP contribution in [0.4, 0.5) is 4.79 Å². The monoisotopic (exact) mass is 446 g/mol. The summed E-state index contributed by atoms with van der Waals surface area (Å²) in [5.74, 6) is -0.185. The van der Waals surface area contributed by atoms with Gasteiger partial charge in [-0.1, -0.05) is 58.4 Å². The summed E-state index contributed by atoms with van der Waals surface area (Å²) in [6.07, 6.45) is -0.974. The number of aliphatic hydroxyl groups is 1. The molecule has 1 aliphatic heterocycles. The summed E-state index contributed by atoms with van der Waals surface area (Å²) in [7, 11) is 0. The minimum atomic E-state index is -0.968. The topological polar surface area (TPSA) is 89.9 Å². The van der Waals surface area contributed by atoms with E-state index in [1.54, 1.807) is 0 Å². The SMILES string of the molecule is O=C(O)N1CCC(C(=O)NCC(O)c2ccccc2)(c2ccc(Br)cc2)CC1. The van der Waals surface area contributed by atoms with Crippen molar-refractivity contribution in [2.75, 3.05) is 19.6 Å². The molecule has 1 aliphatic rings. The number of benzene rings is 2. The van der Waals surface area contributed by atoms with Gasteiger partial charge in [-0.25, -0.2) is 4.79 Å². The van der Waals surface area contributed by atoms with Gasteiger partial charge in [-0.15, -0.1) is 0 Å². The van der Waals surface area contributed by atoms with E-state index in [1.807, 2.05) is 54.6 Å². The third-order valence-electron chi connectivity index (χ3n) is 5.36. The van der Waals surface area contributed by atoms with E-state index in [1.165, 1.54) is 4.90 Å². The number of hydrogen-bond acceptors (Lipinski definition) is 3. The number of aliphatic hydroxyl groups excluding tert-OH is 1. The Bertz CT molecular complexity index is 818. The van der Waals surface area contributed by atoms with Crippen molar-refractivity contribution in [1.82, 2.24) is 10.2 Å². The summed E-state index contributed by atoms with van der Waals surface area (Å²) in [6.45, 7) is 0.684. The van der Waals surface area contributed by atoms with Gasteiger partial charge in [0, 0.05) is 24.1 Å². The molecule has 7 heteroatoms. The highest BCUT2D eigenvalue weighted by Crippen LogP contribution is 2.36. The number of hydrogen-bond donors (Lipinski definition) is 3. The molecule has 1 atom stereocenters. The molecule has 0 spiro atoms. The fourth-order valence-corrected chi connectivity index (χ4v) is 3.91. The lowest BCUT2D eigenvalue weighted by molar-refractivity contribution is -0.129. The van der Waals surface area contributed by atoms with E-state index < -0.39 is 17.6 Å². The van der Waals surface area contributed by atoms with Crippen molar-refractivity contribution in [3.63, 3.8) is 0 Å². The summed E-state index contributed by atoms with van der Waals surface area (Å²) in [4.78, 5) is 25.8. The maximum atomic E-state index is 13.2. The van der Waals surface area contributed by atoms with Gasteiger partial charge in [0.05, 0.1) is 11.5 Å². The molecular formula is C21H23BrN2O4. The number of rotatable bonds is 5. The Labute approximate surface area is 172 Å². The summed E-state index contributed by atoms with van der Waals surface area (Å²) in [5.41, 5.74) is 0.775. The Morgan fingerprint density at radius 1 is 1.07 bits per heavy atom. The molecule has 1 heterocycles. The van der Waals surface area contributed by atoms with Crippen molar-refractivity contribution in [2.24, 2.45) is 0 Å². The fourth-order valence-electron chi connectivity index (χ4n) is 3.65. The van der Waals surface area contributed by atoms with Crippen LogP contribution in [0.5, 0.6) is 0 Å². The predicted molar refractivity (Wildman–Crippen MR) is 109 cm³/mol. The molecule has 2 aromatic rings. The number of carbonyl (C=O) groups is 2. The van der Waals surface area contributed by atoms with E-state index in [2.05, 4.69) is 21.2 Å². The molecule has 148 valence electrons. The first-order valence-electron chi connectivity index (χ1n) is 9.17. The number of carbonyl (C=O) groups excluding carboxylic acids is 1. The second-order valence-electron chi connectivity index (χ2n) is 7.00. The van der Waals surface area contributed by atoms with Gasteiger partial charge < -0.3 is 20.4 Å². The molecule has 0 saturated carbocycles. The van der Waals surface area contributed by atoms with Crippen molar-refractivity contribution in [3.8, 4) is 0 Å². The van der Waals surface area contributed by atoms with Crippen molar-refractivity contribution in [2.45, 2.75) is 24.4 Å². The minimum Gasteiger partial charge on any atom is -0.465 e. The van der Waals surface area contributed by atoms with Crippen LogP contribution in [-0.2, 0) is 10.2 Å². The summed E-state index contributed by atoms with van der Waals surface area (Å²) in [6, 6.07) is 16.7. The molecule has 1 saturated heterocycles. The standard InChI is InChI=1S/C21H23BrN2O4/c22-17-8-6-16(7-9-17)21(10-12-24(13-11-21)20(27)28)19(26)23-14-18(25)15-4-2-1-3-5-15/h1-9,18,25H,10-14H2,(H,23,26)(H,27,28). The van der Waals surface area contributed by atoms with E-state index in [4.69, 9.17) is 0 Å². The maximum absolute atomic E-state index is 13.2. The van der Waals surface area contributed by atoms with E-state index in [9.17, 15) is 19.8 Å². The third kappa shape index (κ3) is 4.36. The summed E-state index contributed by atoms with van der Waals surface area (Å²) >= 11 is 3.41. The fraction of sp³-hybridized carbons (Fsp3) is 0.333. The Morgan fingerprint density at radius 3 is 2.25 bits per heavy atom. The van der Waals surface area contributed by atoms with Crippen molar-refractivity contribution < 1.29 is 19.8 Å². The smallest absolute Gasteiger partial charge is 0.407 e. The Balaban J connectivity index is 1.78. The zero-order chi connectivity index (χ0) is 20.1. The largest absolute Gasteiger partial charge is 0.465 e. The van der Waals surface area contributed by atoms with Gasteiger partial charge in [0.1, 0.15) is 0 Å².